The molecule has 1 saturated heterocycles. The summed E-state index contributed by atoms with van der Waals surface area (Å²) in [6.45, 7) is 2.54. The van der Waals surface area contributed by atoms with Crippen LogP contribution in [0.4, 0.5) is 18.9 Å². The fourth-order valence-electron chi connectivity index (χ4n) is 2.54. The maximum Gasteiger partial charge on any atom is 0.174 e. The molecule has 0 bridgehead atoms. The SMILES string of the molecule is Cc1ccc(NC(=S)N2CCSC2c2c(F)cc(F)cc2F)cc1. The summed E-state index contributed by atoms with van der Waals surface area (Å²) in [6, 6.07) is 9.07. The van der Waals surface area contributed by atoms with Crippen molar-refractivity contribution < 1.29 is 13.2 Å². The Kier molecular flexibility index (Phi) is 5.01. The molecule has 0 radical (unpaired) electrons. The average Bonchev–Trinajstić information content (AvgIpc) is 2.98. The molecule has 1 N–H and O–H groups in total. The fraction of sp³-hybridized carbons (Fsp3) is 0.235. The van der Waals surface area contributed by atoms with Gasteiger partial charge in [-0.2, -0.15) is 0 Å². The van der Waals surface area contributed by atoms with Gasteiger partial charge in [0.15, 0.2) is 5.11 Å². The van der Waals surface area contributed by atoms with Gasteiger partial charge in [0.05, 0.1) is 5.56 Å². The molecule has 0 aliphatic carbocycles. The molecule has 7 heteroatoms. The second-order valence-corrected chi connectivity index (χ2v) is 7.07. The maximum atomic E-state index is 14.1. The van der Waals surface area contributed by atoms with Gasteiger partial charge in [-0.25, -0.2) is 13.2 Å². The minimum atomic E-state index is -0.927. The molecule has 3 rings (SSSR count). The van der Waals surface area contributed by atoms with Crippen LogP contribution in [-0.2, 0) is 0 Å². The number of anilines is 1. The van der Waals surface area contributed by atoms with E-state index in [0.717, 1.165) is 11.3 Å². The van der Waals surface area contributed by atoms with Crippen LogP contribution < -0.4 is 5.32 Å². The van der Waals surface area contributed by atoms with Crippen molar-refractivity contribution in [2.45, 2.75) is 12.3 Å². The van der Waals surface area contributed by atoms with E-state index in [4.69, 9.17) is 12.2 Å². The first-order chi connectivity index (χ1) is 11.5. The molecule has 0 saturated carbocycles. The molecule has 2 aromatic carbocycles. The van der Waals surface area contributed by atoms with Crippen molar-refractivity contribution in [2.24, 2.45) is 0 Å². The largest absolute Gasteiger partial charge is 0.333 e. The summed E-state index contributed by atoms with van der Waals surface area (Å²) in [5.74, 6) is -2.04. The number of thiocarbonyl (C=S) groups is 1. The monoisotopic (exact) mass is 368 g/mol. The number of aryl methyl sites for hydroxylation is 1. The van der Waals surface area contributed by atoms with Gasteiger partial charge in [-0.1, -0.05) is 17.7 Å². The van der Waals surface area contributed by atoms with Crippen LogP contribution >= 0.6 is 24.0 Å². The molecule has 1 fully saturated rings. The number of nitrogens with zero attached hydrogens (tertiary/aromatic N) is 1. The van der Waals surface area contributed by atoms with Gasteiger partial charge in [0.1, 0.15) is 22.8 Å². The van der Waals surface area contributed by atoms with Crippen LogP contribution in [0, 0.1) is 24.4 Å². The fourth-order valence-corrected chi connectivity index (χ4v) is 4.23. The van der Waals surface area contributed by atoms with E-state index in [1.807, 2.05) is 31.2 Å². The zero-order chi connectivity index (χ0) is 17.3. The molecule has 0 amide bonds. The van der Waals surface area contributed by atoms with Crippen molar-refractivity contribution in [3.8, 4) is 0 Å². The molecule has 1 unspecified atom stereocenters. The number of hydrogen-bond donors (Lipinski definition) is 1. The highest BCUT2D eigenvalue weighted by Gasteiger charge is 2.33. The van der Waals surface area contributed by atoms with Crippen LogP contribution in [0.1, 0.15) is 16.5 Å². The van der Waals surface area contributed by atoms with Crippen LogP contribution in [0.25, 0.3) is 0 Å². The molecular formula is C17H15F3N2S2. The number of halogens is 3. The Morgan fingerprint density at radius 1 is 1.17 bits per heavy atom. The lowest BCUT2D eigenvalue weighted by molar-refractivity contribution is 0.422. The summed E-state index contributed by atoms with van der Waals surface area (Å²) in [6.07, 6.45) is 0. The van der Waals surface area contributed by atoms with Crippen molar-refractivity contribution in [3.63, 3.8) is 0 Å². The van der Waals surface area contributed by atoms with E-state index < -0.39 is 22.8 Å². The second kappa shape index (κ2) is 7.03. The Morgan fingerprint density at radius 3 is 2.42 bits per heavy atom. The lowest BCUT2D eigenvalue weighted by atomic mass is 10.1. The Hall–Kier alpha value is -1.73. The number of benzene rings is 2. The van der Waals surface area contributed by atoms with Gasteiger partial charge >= 0.3 is 0 Å². The molecule has 0 spiro atoms. The van der Waals surface area contributed by atoms with Crippen molar-refractivity contribution in [2.75, 3.05) is 17.6 Å². The molecule has 1 aliphatic rings. The van der Waals surface area contributed by atoms with Crippen LogP contribution in [0.3, 0.4) is 0 Å². The maximum absolute atomic E-state index is 14.1. The predicted octanol–water partition coefficient (Wildman–Crippen LogP) is 4.86. The lowest BCUT2D eigenvalue weighted by Gasteiger charge is -2.27. The van der Waals surface area contributed by atoms with E-state index in [1.165, 1.54) is 11.8 Å². The third kappa shape index (κ3) is 3.52. The first kappa shape index (κ1) is 17.1. The molecule has 1 atom stereocenters. The van der Waals surface area contributed by atoms with Gasteiger partial charge in [0, 0.05) is 30.1 Å². The normalized spacial score (nSPS) is 17.2. The van der Waals surface area contributed by atoms with Crippen LogP contribution in [-0.4, -0.2) is 22.3 Å². The van der Waals surface area contributed by atoms with Gasteiger partial charge in [0.2, 0.25) is 0 Å². The van der Waals surface area contributed by atoms with E-state index in [2.05, 4.69) is 5.32 Å². The first-order valence-corrected chi connectivity index (χ1v) is 8.82. The van der Waals surface area contributed by atoms with E-state index in [1.54, 1.807) is 4.90 Å². The van der Waals surface area contributed by atoms with E-state index >= 15 is 0 Å². The third-order valence-corrected chi connectivity index (χ3v) is 5.31. The Balaban J connectivity index is 1.83. The minimum Gasteiger partial charge on any atom is -0.333 e. The average molecular weight is 368 g/mol. The molecule has 126 valence electrons. The number of hydrogen-bond acceptors (Lipinski definition) is 2. The molecule has 1 heterocycles. The van der Waals surface area contributed by atoms with E-state index in [-0.39, 0.29) is 5.56 Å². The molecule has 2 aromatic rings. The topological polar surface area (TPSA) is 15.3 Å². The second-order valence-electron chi connectivity index (χ2n) is 5.50. The van der Waals surface area contributed by atoms with Crippen molar-refractivity contribution in [1.29, 1.82) is 0 Å². The van der Waals surface area contributed by atoms with E-state index in [0.29, 0.717) is 29.5 Å². The van der Waals surface area contributed by atoms with Gasteiger partial charge in [-0.15, -0.1) is 11.8 Å². The first-order valence-electron chi connectivity index (χ1n) is 7.36. The molecular weight excluding hydrogens is 353 g/mol. The van der Waals surface area contributed by atoms with Crippen molar-refractivity contribution >= 4 is 34.8 Å². The number of nitrogens with one attached hydrogen (secondary N) is 1. The summed E-state index contributed by atoms with van der Waals surface area (Å²) in [4.78, 5) is 1.72. The zero-order valence-corrected chi connectivity index (χ0v) is 14.5. The van der Waals surface area contributed by atoms with Gasteiger partial charge < -0.3 is 10.2 Å². The summed E-state index contributed by atoms with van der Waals surface area (Å²) in [5.41, 5.74) is 1.77. The highest BCUT2D eigenvalue weighted by Crippen LogP contribution is 2.40. The van der Waals surface area contributed by atoms with Crippen LogP contribution in [0.15, 0.2) is 36.4 Å². The smallest absolute Gasteiger partial charge is 0.174 e. The van der Waals surface area contributed by atoms with Crippen LogP contribution in [0.5, 0.6) is 0 Å². The Labute approximate surface area is 148 Å². The molecule has 0 aromatic heterocycles. The zero-order valence-electron chi connectivity index (χ0n) is 12.9. The summed E-state index contributed by atoms with van der Waals surface area (Å²) in [5, 5.41) is 2.86. The van der Waals surface area contributed by atoms with Gasteiger partial charge in [-0.3, -0.25) is 0 Å². The Bertz CT molecular complexity index is 742. The summed E-state index contributed by atoms with van der Waals surface area (Å²) < 4.78 is 41.3. The number of thioether (sulfide) groups is 1. The quantitative estimate of drug-likeness (QED) is 0.762. The summed E-state index contributed by atoms with van der Waals surface area (Å²) >= 11 is 6.78. The standard InChI is InChI=1S/C17H15F3N2S2/c1-10-2-4-12(5-3-10)21-17(23)22-6-7-24-16(22)15-13(19)8-11(18)9-14(15)20/h2-5,8-9,16H,6-7H2,1H3,(H,21,23). The van der Waals surface area contributed by atoms with E-state index in [9.17, 15) is 13.2 Å². The summed E-state index contributed by atoms with van der Waals surface area (Å²) in [7, 11) is 0. The van der Waals surface area contributed by atoms with Crippen molar-refractivity contribution in [3.05, 3.63) is 65.0 Å². The Morgan fingerprint density at radius 2 is 1.79 bits per heavy atom. The predicted molar refractivity (Wildman–Crippen MR) is 95.6 cm³/mol. The van der Waals surface area contributed by atoms with Gasteiger partial charge in [-0.05, 0) is 31.3 Å². The highest BCUT2D eigenvalue weighted by molar-refractivity contribution is 7.99. The molecule has 1 aliphatic heterocycles. The van der Waals surface area contributed by atoms with Gasteiger partial charge in [0.25, 0.3) is 0 Å². The molecule has 24 heavy (non-hydrogen) atoms. The molecule has 2 nitrogen and oxygen atoms in total. The number of rotatable bonds is 2. The third-order valence-electron chi connectivity index (χ3n) is 3.75. The van der Waals surface area contributed by atoms with Crippen molar-refractivity contribution in [1.82, 2.24) is 4.90 Å². The highest BCUT2D eigenvalue weighted by atomic mass is 32.2. The lowest BCUT2D eigenvalue weighted by Crippen LogP contribution is -2.34. The minimum absolute atomic E-state index is 0.160. The van der Waals surface area contributed by atoms with Crippen LogP contribution in [0.2, 0.25) is 0 Å².